The average Bonchev–Trinajstić information content (AvgIpc) is 3.26. The van der Waals surface area contributed by atoms with Crippen LogP contribution in [0.25, 0.3) is 28.2 Å². The molecule has 0 aliphatic rings. The van der Waals surface area contributed by atoms with E-state index in [2.05, 4.69) is 5.32 Å². The predicted octanol–water partition coefficient (Wildman–Crippen LogP) is 6.00. The van der Waals surface area contributed by atoms with Crippen molar-refractivity contribution in [3.05, 3.63) is 94.7 Å². The van der Waals surface area contributed by atoms with Crippen molar-refractivity contribution < 1.29 is 19.1 Å². The number of carboxylic acids is 1. The zero-order valence-electron chi connectivity index (χ0n) is 16.5. The Balaban J connectivity index is 1.56. The first kappa shape index (κ1) is 20.9. The van der Waals surface area contributed by atoms with Gasteiger partial charge >= 0.3 is 5.97 Å². The number of furan rings is 1. The molecule has 0 atom stereocenters. The lowest BCUT2D eigenvalue weighted by atomic mass is 10.1. The van der Waals surface area contributed by atoms with Crippen LogP contribution < -0.4 is 5.32 Å². The first-order valence-electron chi connectivity index (χ1n) is 9.49. The number of fused-ring (bicyclic) bond motifs is 1. The Kier molecular flexibility index (Phi) is 5.75. The summed E-state index contributed by atoms with van der Waals surface area (Å²) in [4.78, 5) is 23.9. The quantitative estimate of drug-likeness (QED) is 0.291. The number of aromatic carboxylic acids is 1. The number of anilines is 1. The van der Waals surface area contributed by atoms with Crippen LogP contribution >= 0.6 is 11.6 Å². The second-order valence-electron chi connectivity index (χ2n) is 6.89. The molecule has 0 bridgehead atoms. The van der Waals surface area contributed by atoms with E-state index < -0.39 is 11.9 Å². The number of hydrogen-bond donors (Lipinski definition) is 2. The summed E-state index contributed by atoms with van der Waals surface area (Å²) >= 11 is 5.90. The molecule has 0 radical (unpaired) electrons. The maximum atomic E-state index is 12.6. The minimum Gasteiger partial charge on any atom is -0.478 e. The maximum Gasteiger partial charge on any atom is 0.337 e. The maximum absolute atomic E-state index is 12.6. The summed E-state index contributed by atoms with van der Waals surface area (Å²) in [5, 5.41) is 23.5. The molecule has 0 spiro atoms. The van der Waals surface area contributed by atoms with Gasteiger partial charge in [-0.3, -0.25) is 4.79 Å². The number of halogens is 1. The third-order valence-electron chi connectivity index (χ3n) is 4.77. The molecule has 0 aliphatic heterocycles. The molecular weight excluding hydrogens is 428 g/mol. The summed E-state index contributed by atoms with van der Waals surface area (Å²) in [7, 11) is 0. The summed E-state index contributed by atoms with van der Waals surface area (Å²) in [6.07, 6.45) is 1.33. The van der Waals surface area contributed by atoms with E-state index in [0.717, 1.165) is 10.8 Å². The van der Waals surface area contributed by atoms with Crippen LogP contribution in [0.5, 0.6) is 0 Å². The molecule has 4 rings (SSSR count). The first-order valence-corrected chi connectivity index (χ1v) is 9.87. The lowest BCUT2D eigenvalue weighted by Gasteiger charge is -2.06. The molecule has 1 heterocycles. The lowest BCUT2D eigenvalue weighted by molar-refractivity contribution is -0.112. The number of carbonyl (C=O) groups excluding carboxylic acids is 1. The van der Waals surface area contributed by atoms with Gasteiger partial charge in [0.25, 0.3) is 5.91 Å². The van der Waals surface area contributed by atoms with Gasteiger partial charge in [0.15, 0.2) is 0 Å². The molecule has 1 amide bonds. The number of rotatable bonds is 5. The summed E-state index contributed by atoms with van der Waals surface area (Å²) in [6, 6.07) is 22.8. The van der Waals surface area contributed by atoms with Crippen LogP contribution in [0.2, 0.25) is 5.02 Å². The van der Waals surface area contributed by atoms with Gasteiger partial charge in [0.2, 0.25) is 0 Å². The highest BCUT2D eigenvalue weighted by Gasteiger charge is 2.14. The molecule has 2 N–H and O–H groups in total. The zero-order valence-corrected chi connectivity index (χ0v) is 17.3. The molecule has 6 nitrogen and oxygen atoms in total. The number of nitrogens with one attached hydrogen (secondary N) is 1. The Morgan fingerprint density at radius 3 is 2.53 bits per heavy atom. The lowest BCUT2D eigenvalue weighted by Crippen LogP contribution is -2.13. The molecule has 0 saturated heterocycles. The molecule has 7 heteroatoms. The van der Waals surface area contributed by atoms with Crippen LogP contribution in [0.4, 0.5) is 5.69 Å². The van der Waals surface area contributed by atoms with Gasteiger partial charge in [0, 0.05) is 17.3 Å². The highest BCUT2D eigenvalue weighted by molar-refractivity contribution is 6.33. The molecule has 4 aromatic rings. The number of benzene rings is 3. The van der Waals surface area contributed by atoms with E-state index in [1.54, 1.807) is 24.3 Å². The fraction of sp³-hybridized carbons (Fsp3) is 0. The Bertz CT molecular complexity index is 1430. The van der Waals surface area contributed by atoms with E-state index in [1.165, 1.54) is 18.2 Å². The second-order valence-corrected chi connectivity index (χ2v) is 7.29. The van der Waals surface area contributed by atoms with Crippen molar-refractivity contribution >= 4 is 46.0 Å². The van der Waals surface area contributed by atoms with E-state index in [4.69, 9.17) is 16.0 Å². The van der Waals surface area contributed by atoms with E-state index >= 15 is 0 Å². The topological polar surface area (TPSA) is 103 Å². The van der Waals surface area contributed by atoms with Crippen molar-refractivity contribution in [2.24, 2.45) is 0 Å². The normalized spacial score (nSPS) is 11.2. The van der Waals surface area contributed by atoms with E-state index in [1.807, 2.05) is 42.5 Å². The fourth-order valence-electron chi connectivity index (χ4n) is 3.18. The Morgan fingerprint density at radius 1 is 1.00 bits per heavy atom. The number of carboxylic acid groups (broad SMARTS) is 1. The molecule has 0 unspecified atom stereocenters. The van der Waals surface area contributed by atoms with Crippen LogP contribution in [0.1, 0.15) is 16.1 Å². The summed E-state index contributed by atoms with van der Waals surface area (Å²) in [5.41, 5.74) is 0.884. The average molecular weight is 443 g/mol. The third kappa shape index (κ3) is 4.38. The number of hydrogen-bond acceptors (Lipinski definition) is 4. The summed E-state index contributed by atoms with van der Waals surface area (Å²) in [6.45, 7) is 0. The number of nitriles is 1. The van der Waals surface area contributed by atoms with Crippen molar-refractivity contribution in [2.75, 3.05) is 5.32 Å². The molecule has 156 valence electrons. The van der Waals surface area contributed by atoms with Crippen molar-refractivity contribution in [1.82, 2.24) is 0 Å². The van der Waals surface area contributed by atoms with Crippen LogP contribution in [-0.2, 0) is 4.79 Å². The van der Waals surface area contributed by atoms with Gasteiger partial charge < -0.3 is 14.8 Å². The fourth-order valence-corrected chi connectivity index (χ4v) is 3.38. The molecule has 3 aromatic carbocycles. The smallest absolute Gasteiger partial charge is 0.337 e. The molecular formula is C25H15ClN2O4. The van der Waals surface area contributed by atoms with Gasteiger partial charge in [-0.2, -0.15) is 5.26 Å². The molecule has 0 aliphatic carbocycles. The number of amides is 1. The Labute approximate surface area is 188 Å². The van der Waals surface area contributed by atoms with E-state index in [9.17, 15) is 20.0 Å². The van der Waals surface area contributed by atoms with Gasteiger partial charge in [0.1, 0.15) is 23.2 Å². The van der Waals surface area contributed by atoms with Crippen LogP contribution in [0, 0.1) is 11.3 Å². The standard InChI is InChI=1S/C25H15ClN2O4/c26-22-9-6-17(13-21(22)25(30)31)23-10-8-20(32-23)12-18(14-27)24(29)28-19-7-5-15-3-1-2-4-16(15)11-19/h1-13H,(H,28,29)(H,30,31). The van der Waals surface area contributed by atoms with Gasteiger partial charge in [0.05, 0.1) is 10.6 Å². The SMILES string of the molecule is N#CC(=Cc1ccc(-c2ccc(Cl)c(C(=O)O)c2)o1)C(=O)Nc1ccc2ccccc2c1. The zero-order chi connectivity index (χ0) is 22.7. The van der Waals surface area contributed by atoms with Crippen molar-refractivity contribution in [3.63, 3.8) is 0 Å². The summed E-state index contributed by atoms with van der Waals surface area (Å²) < 4.78 is 5.69. The Hall–Kier alpha value is -4.34. The highest BCUT2D eigenvalue weighted by atomic mass is 35.5. The van der Waals surface area contributed by atoms with Crippen LogP contribution in [-0.4, -0.2) is 17.0 Å². The highest BCUT2D eigenvalue weighted by Crippen LogP contribution is 2.28. The minimum absolute atomic E-state index is 0.0508. The van der Waals surface area contributed by atoms with Crippen LogP contribution in [0.3, 0.4) is 0 Å². The second kappa shape index (κ2) is 8.80. The third-order valence-corrected chi connectivity index (χ3v) is 5.10. The molecule has 1 aromatic heterocycles. The molecule has 0 saturated carbocycles. The monoisotopic (exact) mass is 442 g/mol. The van der Waals surface area contributed by atoms with Gasteiger partial charge in [-0.15, -0.1) is 0 Å². The van der Waals surface area contributed by atoms with Gasteiger partial charge in [-0.05, 0) is 53.2 Å². The first-order chi connectivity index (χ1) is 15.4. The van der Waals surface area contributed by atoms with E-state index in [0.29, 0.717) is 17.0 Å². The Morgan fingerprint density at radius 2 is 1.78 bits per heavy atom. The minimum atomic E-state index is -1.15. The molecule has 0 fully saturated rings. The van der Waals surface area contributed by atoms with Crippen molar-refractivity contribution in [1.29, 1.82) is 5.26 Å². The van der Waals surface area contributed by atoms with E-state index in [-0.39, 0.29) is 21.9 Å². The van der Waals surface area contributed by atoms with Crippen molar-refractivity contribution in [2.45, 2.75) is 0 Å². The summed E-state index contributed by atoms with van der Waals surface area (Å²) in [5.74, 6) is -1.07. The predicted molar refractivity (Wildman–Crippen MR) is 122 cm³/mol. The van der Waals surface area contributed by atoms with Crippen molar-refractivity contribution in [3.8, 4) is 17.4 Å². The van der Waals surface area contributed by atoms with Gasteiger partial charge in [-0.25, -0.2) is 4.79 Å². The van der Waals surface area contributed by atoms with Crippen LogP contribution in [0.15, 0.2) is 82.8 Å². The largest absolute Gasteiger partial charge is 0.478 e. The molecule has 32 heavy (non-hydrogen) atoms. The number of nitrogens with zero attached hydrogens (tertiary/aromatic N) is 1. The number of carbonyl (C=O) groups is 2. The van der Waals surface area contributed by atoms with Gasteiger partial charge in [-0.1, -0.05) is 41.9 Å².